The molecule has 1 rings (SSSR count). The summed E-state index contributed by atoms with van der Waals surface area (Å²) in [6.45, 7) is 1.99. The molecular weight excluding hydrogens is 342 g/mol. The quantitative estimate of drug-likeness (QED) is 0.343. The van der Waals surface area contributed by atoms with Crippen LogP contribution in [0, 0.1) is 0 Å². The molecule has 138 valence electrons. The Morgan fingerprint density at radius 2 is 2.00 bits per heavy atom. The van der Waals surface area contributed by atoms with Crippen molar-refractivity contribution in [1.82, 2.24) is 0 Å². The monoisotopic (exact) mass is 367 g/mol. The molecule has 0 heterocycles. The van der Waals surface area contributed by atoms with Gasteiger partial charge in [-0.1, -0.05) is 25.6 Å². The number of anilines is 1. The van der Waals surface area contributed by atoms with E-state index in [0.29, 0.717) is 29.9 Å². The van der Waals surface area contributed by atoms with E-state index in [1.807, 2.05) is 6.92 Å². The predicted molar refractivity (Wildman–Crippen MR) is 101 cm³/mol. The molecule has 0 saturated heterocycles. The number of carboxylic acid groups (broad SMARTS) is 1. The van der Waals surface area contributed by atoms with Crippen molar-refractivity contribution in [2.45, 2.75) is 51.2 Å². The van der Waals surface area contributed by atoms with Crippen LogP contribution in [0.15, 0.2) is 18.2 Å². The van der Waals surface area contributed by atoms with E-state index in [9.17, 15) is 14.7 Å². The second-order valence-electron chi connectivity index (χ2n) is 5.82. The van der Waals surface area contributed by atoms with E-state index in [4.69, 9.17) is 34.2 Å². The summed E-state index contributed by atoms with van der Waals surface area (Å²) in [5, 5.41) is 9.30. The fraction of sp³-hybridized carbons (Fsp3) is 0.471. The lowest BCUT2D eigenvalue weighted by Gasteiger charge is -2.22. The van der Waals surface area contributed by atoms with Crippen LogP contribution in [0.5, 0.6) is 5.75 Å². The number of carbonyl (C=O) groups is 2. The number of rotatable bonds is 11. The third-order valence-electron chi connectivity index (χ3n) is 3.71. The van der Waals surface area contributed by atoms with Crippen LogP contribution >= 0.6 is 12.2 Å². The van der Waals surface area contributed by atoms with E-state index in [1.54, 1.807) is 0 Å². The Bertz CT molecular complexity index is 636. The van der Waals surface area contributed by atoms with Gasteiger partial charge in [0.25, 0.3) is 0 Å². The van der Waals surface area contributed by atoms with Crippen molar-refractivity contribution in [3.8, 4) is 5.75 Å². The molecule has 1 aromatic carbocycles. The van der Waals surface area contributed by atoms with Gasteiger partial charge in [-0.25, -0.2) is 4.79 Å². The van der Waals surface area contributed by atoms with Crippen molar-refractivity contribution in [1.29, 1.82) is 0 Å². The summed E-state index contributed by atoms with van der Waals surface area (Å²) in [6.07, 6.45) is 1.92. The van der Waals surface area contributed by atoms with Gasteiger partial charge in [0.15, 0.2) is 11.9 Å². The molecule has 7 nitrogen and oxygen atoms in total. The second kappa shape index (κ2) is 9.95. The third kappa shape index (κ3) is 6.67. The van der Waals surface area contributed by atoms with Crippen LogP contribution < -0.4 is 21.9 Å². The first-order valence-electron chi connectivity index (χ1n) is 8.13. The maximum Gasteiger partial charge on any atom is 0.339 e. The van der Waals surface area contributed by atoms with Crippen molar-refractivity contribution in [3.05, 3.63) is 23.8 Å². The number of hydrogen-bond acceptors (Lipinski definition) is 6. The Kier molecular flexibility index (Phi) is 8.30. The van der Waals surface area contributed by atoms with Gasteiger partial charge in [-0.3, -0.25) is 4.79 Å². The lowest BCUT2D eigenvalue weighted by Crippen LogP contribution is -2.42. The molecule has 2 atom stereocenters. The van der Waals surface area contributed by atoms with Gasteiger partial charge in [-0.05, 0) is 43.9 Å². The van der Waals surface area contributed by atoms with Gasteiger partial charge in [-0.15, -0.1) is 0 Å². The van der Waals surface area contributed by atoms with E-state index in [0.717, 1.165) is 12.8 Å². The highest BCUT2D eigenvalue weighted by Gasteiger charge is 2.27. The first kappa shape index (κ1) is 20.9. The first-order chi connectivity index (χ1) is 11.8. The zero-order chi connectivity index (χ0) is 19.0. The van der Waals surface area contributed by atoms with Crippen LogP contribution in [0.3, 0.4) is 0 Å². The minimum absolute atomic E-state index is 0.0917. The van der Waals surface area contributed by atoms with E-state index in [1.165, 1.54) is 18.2 Å². The summed E-state index contributed by atoms with van der Waals surface area (Å²) in [5.41, 5.74) is 17.2. The molecule has 8 heteroatoms. The zero-order valence-corrected chi connectivity index (χ0v) is 15.1. The number of nitrogens with two attached hydrogens (primary N) is 3. The summed E-state index contributed by atoms with van der Waals surface area (Å²) >= 11 is 4.80. The number of Topliss-reactive ketones (excluding diaryl/α,β-unsaturated/α-hetero) is 1. The maximum absolute atomic E-state index is 12.6. The molecule has 25 heavy (non-hydrogen) atoms. The summed E-state index contributed by atoms with van der Waals surface area (Å²) < 4.78 is 5.72. The molecule has 0 spiro atoms. The SMILES string of the molecule is CCCCC(Oc1ccc(N)cc1C(=O)O)C(=O)C(N)CCC(N)=S. The van der Waals surface area contributed by atoms with Crippen LogP contribution in [0.2, 0.25) is 0 Å². The number of carbonyl (C=O) groups excluding carboxylic acids is 1. The number of ketones is 1. The number of thiocarbonyl (C=S) groups is 1. The minimum atomic E-state index is -1.18. The zero-order valence-electron chi connectivity index (χ0n) is 14.2. The van der Waals surface area contributed by atoms with Gasteiger partial charge in [0.1, 0.15) is 11.3 Å². The van der Waals surface area contributed by atoms with Gasteiger partial charge in [0, 0.05) is 5.69 Å². The minimum Gasteiger partial charge on any atom is -0.482 e. The molecule has 0 radical (unpaired) electrons. The lowest BCUT2D eigenvalue weighted by atomic mass is 9.99. The lowest BCUT2D eigenvalue weighted by molar-refractivity contribution is -0.127. The molecule has 1 aromatic rings. The Morgan fingerprint density at radius 1 is 1.32 bits per heavy atom. The van der Waals surface area contributed by atoms with E-state index >= 15 is 0 Å². The molecule has 0 aliphatic rings. The summed E-state index contributed by atoms with van der Waals surface area (Å²) in [4.78, 5) is 24.3. The number of aromatic carboxylic acids is 1. The van der Waals surface area contributed by atoms with Gasteiger partial charge < -0.3 is 27.0 Å². The van der Waals surface area contributed by atoms with Crippen molar-refractivity contribution < 1.29 is 19.4 Å². The largest absolute Gasteiger partial charge is 0.482 e. The van der Waals surface area contributed by atoms with E-state index in [2.05, 4.69) is 0 Å². The fourth-order valence-electron chi connectivity index (χ4n) is 2.30. The average molecular weight is 367 g/mol. The Morgan fingerprint density at radius 3 is 2.56 bits per heavy atom. The second-order valence-corrected chi connectivity index (χ2v) is 6.35. The van der Waals surface area contributed by atoms with Crippen molar-refractivity contribution in [3.63, 3.8) is 0 Å². The Hall–Kier alpha value is -2.19. The third-order valence-corrected chi connectivity index (χ3v) is 3.91. The molecule has 0 saturated carbocycles. The van der Waals surface area contributed by atoms with E-state index < -0.39 is 18.1 Å². The number of hydrogen-bond donors (Lipinski definition) is 4. The van der Waals surface area contributed by atoms with Gasteiger partial charge in [0.05, 0.1) is 11.0 Å². The van der Waals surface area contributed by atoms with Crippen LogP contribution in [-0.4, -0.2) is 34.0 Å². The predicted octanol–water partition coefficient (Wildman–Crippen LogP) is 1.87. The maximum atomic E-state index is 12.6. The molecule has 0 aliphatic carbocycles. The highest BCUT2D eigenvalue weighted by atomic mass is 32.1. The molecule has 0 aliphatic heterocycles. The van der Waals surface area contributed by atoms with Crippen molar-refractivity contribution in [2.75, 3.05) is 5.73 Å². The molecule has 0 aromatic heterocycles. The number of ether oxygens (including phenoxy) is 1. The van der Waals surface area contributed by atoms with Crippen molar-refractivity contribution in [2.24, 2.45) is 11.5 Å². The van der Waals surface area contributed by atoms with Gasteiger partial charge in [0.2, 0.25) is 0 Å². The van der Waals surface area contributed by atoms with Gasteiger partial charge >= 0.3 is 5.97 Å². The number of unbranched alkanes of at least 4 members (excludes halogenated alkanes) is 1. The van der Waals surface area contributed by atoms with Crippen LogP contribution in [0.4, 0.5) is 5.69 Å². The molecule has 2 unspecified atom stereocenters. The molecule has 7 N–H and O–H groups in total. The Balaban J connectivity index is 2.98. The van der Waals surface area contributed by atoms with Crippen LogP contribution in [0.25, 0.3) is 0 Å². The highest BCUT2D eigenvalue weighted by molar-refractivity contribution is 7.80. The van der Waals surface area contributed by atoms with Gasteiger partial charge in [-0.2, -0.15) is 0 Å². The molecular formula is C17H25N3O4S. The topological polar surface area (TPSA) is 142 Å². The number of benzene rings is 1. The van der Waals surface area contributed by atoms with Crippen LogP contribution in [-0.2, 0) is 4.79 Å². The van der Waals surface area contributed by atoms with Crippen molar-refractivity contribution >= 4 is 34.6 Å². The fourth-order valence-corrected chi connectivity index (χ4v) is 2.42. The average Bonchev–Trinajstić information content (AvgIpc) is 2.56. The smallest absolute Gasteiger partial charge is 0.339 e. The summed E-state index contributed by atoms with van der Waals surface area (Å²) in [6, 6.07) is 3.50. The Labute approximate surface area is 152 Å². The first-order valence-corrected chi connectivity index (χ1v) is 8.54. The standard InChI is InChI=1S/C17H25N3O4S/c1-2-3-4-14(16(21)12(19)6-8-15(20)25)24-13-7-5-10(18)9-11(13)17(22)23/h5,7,9,12,14H,2-4,6,8,18-19H2,1H3,(H2,20,25)(H,22,23). The summed E-state index contributed by atoms with van der Waals surface area (Å²) in [7, 11) is 0. The highest BCUT2D eigenvalue weighted by Crippen LogP contribution is 2.24. The normalized spacial score (nSPS) is 13.0. The number of nitrogen functional groups attached to an aromatic ring is 1. The number of carboxylic acids is 1. The molecule has 0 amide bonds. The van der Waals surface area contributed by atoms with E-state index in [-0.39, 0.29) is 17.1 Å². The van der Waals surface area contributed by atoms with Crippen LogP contribution in [0.1, 0.15) is 49.4 Å². The summed E-state index contributed by atoms with van der Waals surface area (Å²) in [5.74, 6) is -1.38. The molecule has 0 bridgehead atoms. The molecule has 0 fully saturated rings.